The van der Waals surface area contributed by atoms with E-state index in [1.54, 1.807) is 0 Å². The fourth-order valence-electron chi connectivity index (χ4n) is 3.09. The Balaban J connectivity index is 2.08. The lowest BCUT2D eigenvalue weighted by Gasteiger charge is -2.29. The zero-order valence-corrected chi connectivity index (χ0v) is 9.19. The van der Waals surface area contributed by atoms with E-state index in [1.165, 1.54) is 25.7 Å². The summed E-state index contributed by atoms with van der Waals surface area (Å²) in [7, 11) is -1.31. The second-order valence-corrected chi connectivity index (χ2v) is 11.6. The molecule has 2 fully saturated rings. The van der Waals surface area contributed by atoms with Crippen molar-refractivity contribution in [3.8, 4) is 0 Å². The van der Waals surface area contributed by atoms with E-state index in [4.69, 9.17) is 11.1 Å². The Morgan fingerprint density at radius 2 is 1.91 bits per heavy atom. The third kappa shape index (κ3) is 1.38. The highest BCUT2D eigenvalue weighted by molar-refractivity contribution is 7.19. The summed E-state index contributed by atoms with van der Waals surface area (Å²) >= 11 is 6.47. The van der Waals surface area contributed by atoms with Gasteiger partial charge in [-0.05, 0) is 30.2 Å². The van der Waals surface area contributed by atoms with Crippen molar-refractivity contribution in [1.82, 2.24) is 0 Å². The van der Waals surface area contributed by atoms with Crippen LogP contribution in [-0.2, 0) is 0 Å². The van der Waals surface area contributed by atoms with Gasteiger partial charge in [-0.3, -0.25) is 0 Å². The molecule has 2 saturated carbocycles. The molecular weight excluding hydrogens is 172 g/mol. The quantitative estimate of drug-likeness (QED) is 0.436. The van der Waals surface area contributed by atoms with E-state index in [-0.39, 0.29) is 0 Å². The van der Waals surface area contributed by atoms with Crippen molar-refractivity contribution in [3.63, 3.8) is 0 Å². The van der Waals surface area contributed by atoms with Gasteiger partial charge in [0.05, 0.1) is 0 Å². The van der Waals surface area contributed by atoms with E-state index in [0.29, 0.717) is 0 Å². The Kier molecular flexibility index (Phi) is 1.84. The Bertz CT molecular complexity index is 161. The Labute approximate surface area is 75.0 Å². The van der Waals surface area contributed by atoms with Gasteiger partial charge in [0.25, 0.3) is 0 Å². The molecule has 0 heterocycles. The molecule has 2 aliphatic rings. The van der Waals surface area contributed by atoms with Crippen molar-refractivity contribution < 1.29 is 0 Å². The first kappa shape index (κ1) is 8.12. The van der Waals surface area contributed by atoms with Crippen LogP contribution in [0.25, 0.3) is 0 Å². The second kappa shape index (κ2) is 2.50. The Hall–Kier alpha value is 0.507. The maximum Gasteiger partial charge on any atom is 0.153 e. The molecule has 2 aliphatic carbocycles. The average molecular weight is 189 g/mol. The number of halogens is 1. The summed E-state index contributed by atoms with van der Waals surface area (Å²) < 4.78 is 0. The van der Waals surface area contributed by atoms with Crippen LogP contribution < -0.4 is 0 Å². The molecule has 0 aromatic carbocycles. The third-order valence-electron chi connectivity index (χ3n) is 3.62. The fourth-order valence-corrected chi connectivity index (χ4v) is 6.20. The molecule has 11 heavy (non-hydrogen) atoms. The molecular formula is C9H17ClSi. The van der Waals surface area contributed by atoms with Crippen molar-refractivity contribution in [2.45, 2.75) is 44.3 Å². The van der Waals surface area contributed by atoms with Crippen molar-refractivity contribution in [2.75, 3.05) is 0 Å². The minimum atomic E-state index is -1.31. The van der Waals surface area contributed by atoms with Crippen LogP contribution in [0.3, 0.4) is 0 Å². The highest BCUT2D eigenvalue weighted by Gasteiger charge is 2.46. The van der Waals surface area contributed by atoms with Gasteiger partial charge in [0, 0.05) is 0 Å². The van der Waals surface area contributed by atoms with Crippen LogP contribution in [0.1, 0.15) is 25.7 Å². The van der Waals surface area contributed by atoms with Crippen LogP contribution in [0.4, 0.5) is 0 Å². The molecule has 2 bridgehead atoms. The maximum absolute atomic E-state index is 6.47. The van der Waals surface area contributed by atoms with E-state index in [9.17, 15) is 0 Å². The summed E-state index contributed by atoms with van der Waals surface area (Å²) in [6.45, 7) is 4.64. The second-order valence-electron chi connectivity index (χ2n) is 4.85. The third-order valence-corrected chi connectivity index (χ3v) is 6.93. The van der Waals surface area contributed by atoms with E-state index in [2.05, 4.69) is 13.1 Å². The van der Waals surface area contributed by atoms with Gasteiger partial charge in [0.1, 0.15) is 0 Å². The van der Waals surface area contributed by atoms with Crippen LogP contribution >= 0.6 is 11.1 Å². The molecule has 0 aromatic rings. The van der Waals surface area contributed by atoms with Crippen LogP contribution in [0.15, 0.2) is 0 Å². The smallest absolute Gasteiger partial charge is 0.153 e. The van der Waals surface area contributed by atoms with Gasteiger partial charge in [-0.15, -0.1) is 0 Å². The van der Waals surface area contributed by atoms with Gasteiger partial charge in [0.2, 0.25) is 0 Å². The lowest BCUT2D eigenvalue weighted by atomic mass is 10.0. The van der Waals surface area contributed by atoms with Crippen LogP contribution in [-0.4, -0.2) is 7.38 Å². The zero-order valence-electron chi connectivity index (χ0n) is 7.44. The molecule has 2 heteroatoms. The average Bonchev–Trinajstić information content (AvgIpc) is 2.42. The number of hydrogen-bond donors (Lipinski definition) is 0. The molecule has 3 atom stereocenters. The number of hydrogen-bond acceptors (Lipinski definition) is 0. The molecule has 64 valence electrons. The molecule has 0 aliphatic heterocycles. The Morgan fingerprint density at radius 3 is 2.18 bits per heavy atom. The summed E-state index contributed by atoms with van der Waals surface area (Å²) in [6.07, 6.45) is 5.96. The molecule has 0 aromatic heterocycles. The molecule has 2 rings (SSSR count). The molecule has 0 radical (unpaired) electrons. The number of fused-ring (bicyclic) bond motifs is 2. The predicted molar refractivity (Wildman–Crippen MR) is 52.5 cm³/mol. The fraction of sp³-hybridized carbons (Fsp3) is 1.00. The predicted octanol–water partition coefficient (Wildman–Crippen LogP) is 3.62. The topological polar surface area (TPSA) is 0 Å². The number of rotatable bonds is 1. The molecule has 0 amide bonds. The highest BCUT2D eigenvalue weighted by Crippen LogP contribution is 2.56. The molecule has 0 nitrogen and oxygen atoms in total. The van der Waals surface area contributed by atoms with Crippen molar-refractivity contribution in [1.29, 1.82) is 0 Å². The first-order valence-corrected chi connectivity index (χ1v) is 8.85. The van der Waals surface area contributed by atoms with Crippen molar-refractivity contribution >= 4 is 18.5 Å². The SMILES string of the molecule is C[Si](C)(Cl)C1C[C@@H]2CC[C@H]1C2. The normalized spacial score (nSPS) is 43.4. The standard InChI is InChI=1S/C9H17ClSi/c1-11(2,10)9-6-7-3-4-8(9)5-7/h7-9H,3-6H2,1-2H3/t7-,8+,9?/m1/s1. The van der Waals surface area contributed by atoms with Gasteiger partial charge in [-0.25, -0.2) is 0 Å². The molecule has 1 unspecified atom stereocenters. The van der Waals surface area contributed by atoms with Gasteiger partial charge < -0.3 is 0 Å². The van der Waals surface area contributed by atoms with Crippen LogP contribution in [0.2, 0.25) is 18.6 Å². The Morgan fingerprint density at radius 1 is 1.18 bits per heavy atom. The minimum absolute atomic E-state index is 0.947. The lowest BCUT2D eigenvalue weighted by molar-refractivity contribution is 0.472. The van der Waals surface area contributed by atoms with Crippen molar-refractivity contribution in [3.05, 3.63) is 0 Å². The highest BCUT2D eigenvalue weighted by atomic mass is 35.6. The summed E-state index contributed by atoms with van der Waals surface area (Å²) in [5.74, 6) is 2.09. The first-order chi connectivity index (χ1) is 5.07. The molecule has 0 N–H and O–H groups in total. The summed E-state index contributed by atoms with van der Waals surface area (Å²) in [5.41, 5.74) is 0.947. The van der Waals surface area contributed by atoms with Gasteiger partial charge in [-0.2, -0.15) is 11.1 Å². The zero-order chi connectivity index (χ0) is 8.06. The molecule has 0 saturated heterocycles. The van der Waals surface area contributed by atoms with E-state index >= 15 is 0 Å². The minimum Gasteiger partial charge on any atom is -0.167 e. The van der Waals surface area contributed by atoms with Gasteiger partial charge in [0.15, 0.2) is 7.38 Å². The van der Waals surface area contributed by atoms with Crippen LogP contribution in [0.5, 0.6) is 0 Å². The maximum atomic E-state index is 6.47. The first-order valence-electron chi connectivity index (χ1n) is 4.76. The van der Waals surface area contributed by atoms with E-state index < -0.39 is 7.38 Å². The summed E-state index contributed by atoms with van der Waals surface area (Å²) in [4.78, 5) is 0. The largest absolute Gasteiger partial charge is 0.167 e. The summed E-state index contributed by atoms with van der Waals surface area (Å²) in [6, 6.07) is 0. The van der Waals surface area contributed by atoms with E-state index in [0.717, 1.165) is 17.4 Å². The summed E-state index contributed by atoms with van der Waals surface area (Å²) in [5, 5.41) is 0. The van der Waals surface area contributed by atoms with Gasteiger partial charge in [-0.1, -0.05) is 25.9 Å². The van der Waals surface area contributed by atoms with Crippen LogP contribution in [0, 0.1) is 11.8 Å². The molecule has 0 spiro atoms. The monoisotopic (exact) mass is 188 g/mol. The van der Waals surface area contributed by atoms with E-state index in [1.807, 2.05) is 0 Å². The van der Waals surface area contributed by atoms with Gasteiger partial charge >= 0.3 is 0 Å². The van der Waals surface area contributed by atoms with Crippen molar-refractivity contribution in [2.24, 2.45) is 11.8 Å². The lowest BCUT2D eigenvalue weighted by Crippen LogP contribution is -2.29.